The lowest BCUT2D eigenvalue weighted by molar-refractivity contribution is 0.724. The summed E-state index contributed by atoms with van der Waals surface area (Å²) < 4.78 is 1.06. The van der Waals surface area contributed by atoms with Crippen LogP contribution in [0.2, 0.25) is 0 Å². The first-order valence-corrected chi connectivity index (χ1v) is 7.63. The van der Waals surface area contributed by atoms with E-state index < -0.39 is 0 Å². The summed E-state index contributed by atoms with van der Waals surface area (Å²) >= 11 is 5.18. The quantitative estimate of drug-likeness (QED) is 0.886. The molecule has 18 heavy (non-hydrogen) atoms. The third-order valence-electron chi connectivity index (χ3n) is 2.93. The number of thiophene rings is 1. The smallest absolute Gasteiger partial charge is 0.245 e. The van der Waals surface area contributed by atoms with Gasteiger partial charge in [0.05, 0.1) is 4.88 Å². The summed E-state index contributed by atoms with van der Waals surface area (Å²) in [5.74, 6) is 1.64. The number of nitrogens with one attached hydrogen (secondary N) is 2. The number of H-pyrrole nitrogens is 1. The molecule has 96 valence electrons. The molecule has 1 fully saturated rings. The van der Waals surface area contributed by atoms with Crippen LogP contribution < -0.4 is 10.2 Å². The van der Waals surface area contributed by atoms with Crippen LogP contribution in [0.1, 0.15) is 6.42 Å². The Bertz CT molecular complexity index is 515. The van der Waals surface area contributed by atoms with Crippen LogP contribution in [0, 0.1) is 0 Å². The summed E-state index contributed by atoms with van der Waals surface area (Å²) in [5.41, 5.74) is 0. The highest BCUT2D eigenvalue weighted by Gasteiger charge is 2.16. The molecule has 7 heteroatoms. The second kappa shape index (κ2) is 5.38. The highest BCUT2D eigenvalue weighted by molar-refractivity contribution is 9.10. The fourth-order valence-electron chi connectivity index (χ4n) is 2.00. The molecule has 1 aliphatic rings. The van der Waals surface area contributed by atoms with Gasteiger partial charge < -0.3 is 10.2 Å². The van der Waals surface area contributed by atoms with Gasteiger partial charge in [-0.15, -0.1) is 16.4 Å². The van der Waals surface area contributed by atoms with Gasteiger partial charge in [-0.3, -0.25) is 5.10 Å². The van der Waals surface area contributed by atoms with E-state index in [-0.39, 0.29) is 0 Å². The summed E-state index contributed by atoms with van der Waals surface area (Å²) in [4.78, 5) is 7.91. The molecule has 0 amide bonds. The lowest BCUT2D eigenvalue weighted by Crippen LogP contribution is -2.28. The lowest BCUT2D eigenvalue weighted by Gasteiger charge is -2.16. The topological polar surface area (TPSA) is 56.8 Å². The second-order valence-corrected chi connectivity index (χ2v) is 5.94. The maximum absolute atomic E-state index is 4.59. The zero-order valence-corrected chi connectivity index (χ0v) is 12.2. The molecule has 3 rings (SSSR count). The Morgan fingerprint density at radius 3 is 3.11 bits per heavy atom. The van der Waals surface area contributed by atoms with Crippen molar-refractivity contribution in [3.8, 4) is 10.7 Å². The zero-order valence-electron chi connectivity index (χ0n) is 9.82. The van der Waals surface area contributed by atoms with Crippen molar-refractivity contribution in [3.05, 3.63) is 15.9 Å². The van der Waals surface area contributed by atoms with Gasteiger partial charge in [0, 0.05) is 24.1 Å². The number of rotatable bonds is 2. The minimum absolute atomic E-state index is 0.800. The minimum atomic E-state index is 0.800. The van der Waals surface area contributed by atoms with Crippen LogP contribution in [0.5, 0.6) is 0 Å². The molecule has 0 spiro atoms. The number of halogens is 1. The van der Waals surface area contributed by atoms with E-state index in [1.54, 1.807) is 11.3 Å². The van der Waals surface area contributed by atoms with E-state index in [0.29, 0.717) is 0 Å². The summed E-state index contributed by atoms with van der Waals surface area (Å²) in [6, 6.07) is 2.03. The second-order valence-electron chi connectivity index (χ2n) is 4.17. The van der Waals surface area contributed by atoms with Gasteiger partial charge in [0.1, 0.15) is 0 Å². The normalized spacial score (nSPS) is 16.8. The van der Waals surface area contributed by atoms with Crippen LogP contribution in [0.3, 0.4) is 0 Å². The number of anilines is 1. The van der Waals surface area contributed by atoms with Crippen molar-refractivity contribution in [1.82, 2.24) is 20.5 Å². The van der Waals surface area contributed by atoms with Crippen molar-refractivity contribution in [2.75, 3.05) is 31.1 Å². The Kier molecular flexibility index (Phi) is 3.62. The van der Waals surface area contributed by atoms with E-state index in [9.17, 15) is 0 Å². The Morgan fingerprint density at radius 2 is 2.28 bits per heavy atom. The molecule has 0 bridgehead atoms. The molecule has 0 unspecified atom stereocenters. The number of aromatic amines is 1. The SMILES string of the molecule is Brc1ccsc1-c1nc(N2CCCNCC2)n[nH]1. The van der Waals surface area contributed by atoms with Crippen molar-refractivity contribution in [1.29, 1.82) is 0 Å². The molecule has 0 atom stereocenters. The molecule has 1 aliphatic heterocycles. The molecule has 0 saturated carbocycles. The van der Waals surface area contributed by atoms with Gasteiger partial charge in [0.15, 0.2) is 5.82 Å². The molecule has 2 N–H and O–H groups in total. The average Bonchev–Trinajstić information content (AvgIpc) is 2.91. The number of nitrogens with zero attached hydrogens (tertiary/aromatic N) is 3. The fourth-order valence-corrected chi connectivity index (χ4v) is 3.50. The van der Waals surface area contributed by atoms with E-state index >= 15 is 0 Å². The zero-order chi connectivity index (χ0) is 12.4. The highest BCUT2D eigenvalue weighted by atomic mass is 79.9. The summed E-state index contributed by atoms with van der Waals surface area (Å²) in [6.45, 7) is 4.04. The molecule has 2 aromatic rings. The van der Waals surface area contributed by atoms with Gasteiger partial charge in [-0.1, -0.05) is 0 Å². The van der Waals surface area contributed by atoms with Crippen molar-refractivity contribution in [3.63, 3.8) is 0 Å². The van der Waals surface area contributed by atoms with Crippen LogP contribution >= 0.6 is 27.3 Å². The highest BCUT2D eigenvalue weighted by Crippen LogP contribution is 2.31. The largest absolute Gasteiger partial charge is 0.338 e. The van der Waals surface area contributed by atoms with Crippen molar-refractivity contribution in [2.24, 2.45) is 0 Å². The fraction of sp³-hybridized carbons (Fsp3) is 0.455. The molecule has 1 saturated heterocycles. The molecular formula is C11H14BrN5S. The van der Waals surface area contributed by atoms with Gasteiger partial charge in [-0.05, 0) is 40.3 Å². The minimum Gasteiger partial charge on any atom is -0.338 e. The standard InChI is InChI=1S/C11H14BrN5S/c12-8-2-7-18-9(8)10-14-11(16-15-10)17-5-1-3-13-4-6-17/h2,7,13H,1,3-6H2,(H,14,15,16). The van der Waals surface area contributed by atoms with E-state index in [2.05, 4.69) is 41.3 Å². The third kappa shape index (κ3) is 2.43. The van der Waals surface area contributed by atoms with E-state index in [1.807, 2.05) is 11.4 Å². The Hall–Kier alpha value is -0.920. The molecule has 2 aromatic heterocycles. The molecule has 0 radical (unpaired) electrons. The van der Waals surface area contributed by atoms with Crippen LogP contribution in [0.4, 0.5) is 5.95 Å². The predicted molar refractivity (Wildman–Crippen MR) is 77.1 cm³/mol. The monoisotopic (exact) mass is 327 g/mol. The first-order valence-electron chi connectivity index (χ1n) is 5.96. The van der Waals surface area contributed by atoms with Gasteiger partial charge in [-0.25, -0.2) is 0 Å². The van der Waals surface area contributed by atoms with Gasteiger partial charge in [0.2, 0.25) is 5.95 Å². The van der Waals surface area contributed by atoms with E-state index in [1.165, 1.54) is 0 Å². The number of hydrogen-bond acceptors (Lipinski definition) is 5. The Morgan fingerprint density at radius 1 is 1.33 bits per heavy atom. The van der Waals surface area contributed by atoms with Gasteiger partial charge in [0.25, 0.3) is 0 Å². The summed E-state index contributed by atoms with van der Waals surface area (Å²) in [6.07, 6.45) is 1.13. The molecule has 0 aliphatic carbocycles. The number of hydrogen-bond donors (Lipinski definition) is 2. The van der Waals surface area contributed by atoms with Gasteiger partial charge in [-0.2, -0.15) is 4.98 Å². The molecule has 5 nitrogen and oxygen atoms in total. The van der Waals surface area contributed by atoms with Crippen LogP contribution in [0.15, 0.2) is 15.9 Å². The molecular weight excluding hydrogens is 314 g/mol. The molecule has 3 heterocycles. The van der Waals surface area contributed by atoms with Crippen LogP contribution in [-0.4, -0.2) is 41.4 Å². The first kappa shape index (κ1) is 12.1. The summed E-state index contributed by atoms with van der Waals surface area (Å²) in [5, 5.41) is 12.8. The van der Waals surface area contributed by atoms with Crippen molar-refractivity contribution < 1.29 is 0 Å². The van der Waals surface area contributed by atoms with Crippen molar-refractivity contribution >= 4 is 33.2 Å². The lowest BCUT2D eigenvalue weighted by atomic mass is 10.4. The van der Waals surface area contributed by atoms with Crippen LogP contribution in [0.25, 0.3) is 10.7 Å². The predicted octanol–water partition coefficient (Wildman–Crippen LogP) is 2.10. The Labute approximate surface area is 118 Å². The average molecular weight is 328 g/mol. The third-order valence-corrected chi connectivity index (χ3v) is 4.77. The number of aromatic nitrogens is 3. The van der Waals surface area contributed by atoms with Crippen molar-refractivity contribution in [2.45, 2.75) is 6.42 Å². The van der Waals surface area contributed by atoms with E-state index in [0.717, 1.165) is 53.7 Å². The maximum atomic E-state index is 4.59. The maximum Gasteiger partial charge on any atom is 0.245 e. The first-order chi connectivity index (χ1) is 8.84. The molecule has 0 aromatic carbocycles. The van der Waals surface area contributed by atoms with Crippen LogP contribution in [-0.2, 0) is 0 Å². The van der Waals surface area contributed by atoms with E-state index in [4.69, 9.17) is 0 Å². The Balaban J connectivity index is 1.82. The summed E-state index contributed by atoms with van der Waals surface area (Å²) in [7, 11) is 0. The van der Waals surface area contributed by atoms with Gasteiger partial charge >= 0.3 is 0 Å².